The van der Waals surface area contributed by atoms with Gasteiger partial charge in [0.2, 0.25) is 0 Å². The molecule has 1 atom stereocenters. The highest BCUT2D eigenvalue weighted by Crippen LogP contribution is 2.21. The van der Waals surface area contributed by atoms with Crippen LogP contribution < -0.4 is 5.32 Å². The summed E-state index contributed by atoms with van der Waals surface area (Å²) in [4.78, 5) is 2.46. The molecular formula is C14H20ClFN2. The van der Waals surface area contributed by atoms with Gasteiger partial charge in [-0.3, -0.25) is 0 Å². The minimum Gasteiger partial charge on any atom is -0.382 e. The molecule has 0 aliphatic carbocycles. The van der Waals surface area contributed by atoms with E-state index in [1.165, 1.54) is 19.0 Å². The van der Waals surface area contributed by atoms with Gasteiger partial charge < -0.3 is 10.2 Å². The molecule has 1 aliphatic rings. The number of likely N-dealkylation sites (tertiary alicyclic amines) is 1. The molecule has 0 saturated carbocycles. The van der Waals surface area contributed by atoms with Crippen LogP contribution in [-0.2, 0) is 0 Å². The van der Waals surface area contributed by atoms with Crippen LogP contribution >= 0.6 is 11.6 Å². The van der Waals surface area contributed by atoms with Crippen LogP contribution in [-0.4, -0.2) is 30.6 Å². The van der Waals surface area contributed by atoms with Crippen LogP contribution in [0.4, 0.5) is 10.1 Å². The molecule has 100 valence electrons. The van der Waals surface area contributed by atoms with Crippen LogP contribution in [0.1, 0.15) is 26.2 Å². The summed E-state index contributed by atoms with van der Waals surface area (Å²) in [6.45, 7) is 5.60. The van der Waals surface area contributed by atoms with Gasteiger partial charge >= 0.3 is 0 Å². The summed E-state index contributed by atoms with van der Waals surface area (Å²) in [5.74, 6) is -0.356. The Bertz CT molecular complexity index is 397. The van der Waals surface area contributed by atoms with E-state index in [-0.39, 0.29) is 10.8 Å². The number of benzene rings is 1. The molecule has 4 heteroatoms. The van der Waals surface area contributed by atoms with Crippen molar-refractivity contribution in [3.63, 3.8) is 0 Å². The standard InChI is InChI=1S/C14H20ClFN2/c1-2-18-8-3-4-11(7-9-18)17-12-5-6-13(15)14(16)10-12/h5-6,10-11,17H,2-4,7-9H2,1H3. The number of hydrogen-bond acceptors (Lipinski definition) is 2. The van der Waals surface area contributed by atoms with Gasteiger partial charge in [0, 0.05) is 18.3 Å². The van der Waals surface area contributed by atoms with Gasteiger partial charge in [-0.15, -0.1) is 0 Å². The Balaban J connectivity index is 1.94. The van der Waals surface area contributed by atoms with Crippen LogP contribution in [0, 0.1) is 5.82 Å². The largest absolute Gasteiger partial charge is 0.382 e. The first-order valence-corrected chi connectivity index (χ1v) is 7.00. The van der Waals surface area contributed by atoms with E-state index in [0.29, 0.717) is 6.04 Å². The molecule has 2 nitrogen and oxygen atoms in total. The molecule has 0 aromatic heterocycles. The number of nitrogens with zero attached hydrogens (tertiary/aromatic N) is 1. The molecule has 1 saturated heterocycles. The Morgan fingerprint density at radius 2 is 2.22 bits per heavy atom. The van der Waals surface area contributed by atoms with Crippen LogP contribution in [0.2, 0.25) is 5.02 Å². The monoisotopic (exact) mass is 270 g/mol. The number of hydrogen-bond donors (Lipinski definition) is 1. The highest BCUT2D eigenvalue weighted by molar-refractivity contribution is 6.30. The van der Waals surface area contributed by atoms with Crippen molar-refractivity contribution >= 4 is 17.3 Å². The zero-order valence-corrected chi connectivity index (χ0v) is 11.5. The summed E-state index contributed by atoms with van der Waals surface area (Å²) >= 11 is 5.68. The van der Waals surface area contributed by atoms with Gasteiger partial charge in [0.15, 0.2) is 0 Å². The SMILES string of the molecule is CCN1CCCC(Nc2ccc(Cl)c(F)c2)CC1. The lowest BCUT2D eigenvalue weighted by Crippen LogP contribution is -2.26. The van der Waals surface area contributed by atoms with Gasteiger partial charge in [-0.25, -0.2) is 4.39 Å². The summed E-state index contributed by atoms with van der Waals surface area (Å²) in [6.07, 6.45) is 3.44. The zero-order chi connectivity index (χ0) is 13.0. The topological polar surface area (TPSA) is 15.3 Å². The van der Waals surface area contributed by atoms with Crippen LogP contribution in [0.25, 0.3) is 0 Å². The molecule has 1 heterocycles. The van der Waals surface area contributed by atoms with Gasteiger partial charge in [0.05, 0.1) is 5.02 Å². The Kier molecular flexibility index (Phi) is 4.84. The lowest BCUT2D eigenvalue weighted by Gasteiger charge is -2.19. The molecule has 0 bridgehead atoms. The Morgan fingerprint density at radius 3 is 2.94 bits per heavy atom. The van der Waals surface area contributed by atoms with E-state index in [2.05, 4.69) is 17.1 Å². The van der Waals surface area contributed by atoms with Crippen molar-refractivity contribution in [2.45, 2.75) is 32.2 Å². The number of rotatable bonds is 3. The zero-order valence-electron chi connectivity index (χ0n) is 10.8. The molecule has 1 aromatic rings. The lowest BCUT2D eigenvalue weighted by atomic mass is 10.1. The molecule has 1 aromatic carbocycles. The molecule has 1 fully saturated rings. The normalized spacial score (nSPS) is 21.6. The van der Waals surface area contributed by atoms with E-state index in [1.54, 1.807) is 6.07 Å². The second-order valence-electron chi connectivity index (χ2n) is 4.84. The third-order valence-electron chi connectivity index (χ3n) is 3.56. The highest BCUT2D eigenvalue weighted by atomic mass is 35.5. The van der Waals surface area contributed by atoms with Crippen molar-refractivity contribution in [3.8, 4) is 0 Å². The van der Waals surface area contributed by atoms with E-state index < -0.39 is 0 Å². The fourth-order valence-corrected chi connectivity index (χ4v) is 2.56. The summed E-state index contributed by atoms with van der Waals surface area (Å²) in [6, 6.07) is 5.36. The van der Waals surface area contributed by atoms with Gasteiger partial charge in [-0.05, 0) is 50.6 Å². The van der Waals surface area contributed by atoms with Gasteiger partial charge in [-0.2, -0.15) is 0 Å². The van der Waals surface area contributed by atoms with Gasteiger partial charge in [0.25, 0.3) is 0 Å². The molecule has 0 amide bonds. The van der Waals surface area contributed by atoms with Gasteiger partial charge in [0.1, 0.15) is 5.82 Å². The van der Waals surface area contributed by atoms with E-state index in [4.69, 9.17) is 11.6 Å². The van der Waals surface area contributed by atoms with Crippen LogP contribution in [0.3, 0.4) is 0 Å². The molecule has 0 spiro atoms. The van der Waals surface area contributed by atoms with Crippen molar-refractivity contribution in [3.05, 3.63) is 29.0 Å². The van der Waals surface area contributed by atoms with Crippen molar-refractivity contribution in [1.29, 1.82) is 0 Å². The van der Waals surface area contributed by atoms with Crippen LogP contribution in [0.15, 0.2) is 18.2 Å². The Morgan fingerprint density at radius 1 is 1.39 bits per heavy atom. The first-order valence-electron chi connectivity index (χ1n) is 6.63. The summed E-state index contributed by atoms with van der Waals surface area (Å²) in [5, 5.41) is 3.59. The Labute approximate surface area is 113 Å². The first kappa shape index (κ1) is 13.6. The number of anilines is 1. The quantitative estimate of drug-likeness (QED) is 0.900. The first-order chi connectivity index (χ1) is 8.69. The minimum atomic E-state index is -0.356. The minimum absolute atomic E-state index is 0.179. The second kappa shape index (κ2) is 6.39. The average Bonchev–Trinajstić information content (AvgIpc) is 2.59. The maximum absolute atomic E-state index is 13.4. The maximum atomic E-state index is 13.4. The predicted octanol–water partition coefficient (Wildman–Crippen LogP) is 3.77. The fourth-order valence-electron chi connectivity index (χ4n) is 2.44. The average molecular weight is 271 g/mol. The summed E-state index contributed by atoms with van der Waals surface area (Å²) < 4.78 is 13.4. The van der Waals surface area contributed by atoms with Crippen molar-refractivity contribution in [1.82, 2.24) is 4.90 Å². The predicted molar refractivity (Wildman–Crippen MR) is 74.8 cm³/mol. The third-order valence-corrected chi connectivity index (χ3v) is 3.86. The maximum Gasteiger partial charge on any atom is 0.143 e. The molecule has 1 aliphatic heterocycles. The fraction of sp³-hybridized carbons (Fsp3) is 0.571. The van der Waals surface area contributed by atoms with E-state index in [9.17, 15) is 4.39 Å². The summed E-state index contributed by atoms with van der Waals surface area (Å²) in [7, 11) is 0. The molecule has 1 unspecified atom stereocenters. The highest BCUT2D eigenvalue weighted by Gasteiger charge is 2.16. The molecule has 1 N–H and O–H groups in total. The molecule has 2 rings (SSSR count). The molecule has 0 radical (unpaired) electrons. The van der Waals surface area contributed by atoms with Crippen molar-refractivity contribution in [2.75, 3.05) is 25.0 Å². The number of halogens is 2. The van der Waals surface area contributed by atoms with E-state index in [0.717, 1.165) is 31.6 Å². The van der Waals surface area contributed by atoms with E-state index in [1.807, 2.05) is 6.07 Å². The number of nitrogens with one attached hydrogen (secondary N) is 1. The lowest BCUT2D eigenvalue weighted by molar-refractivity contribution is 0.300. The summed E-state index contributed by atoms with van der Waals surface area (Å²) in [5.41, 5.74) is 0.826. The molecule has 18 heavy (non-hydrogen) atoms. The molecular weight excluding hydrogens is 251 g/mol. The van der Waals surface area contributed by atoms with Crippen molar-refractivity contribution < 1.29 is 4.39 Å². The van der Waals surface area contributed by atoms with Crippen LogP contribution in [0.5, 0.6) is 0 Å². The third kappa shape index (κ3) is 3.59. The van der Waals surface area contributed by atoms with Gasteiger partial charge in [-0.1, -0.05) is 18.5 Å². The Hall–Kier alpha value is -0.800. The van der Waals surface area contributed by atoms with E-state index >= 15 is 0 Å². The van der Waals surface area contributed by atoms with Crippen molar-refractivity contribution in [2.24, 2.45) is 0 Å². The smallest absolute Gasteiger partial charge is 0.143 e. The second-order valence-corrected chi connectivity index (χ2v) is 5.24.